The van der Waals surface area contributed by atoms with Gasteiger partial charge in [0.2, 0.25) is 0 Å². The van der Waals surface area contributed by atoms with Gasteiger partial charge in [-0.1, -0.05) is 35.9 Å². The van der Waals surface area contributed by atoms with E-state index in [2.05, 4.69) is 6.08 Å². The number of allylic oxidation sites excluding steroid dienone is 2. The van der Waals surface area contributed by atoms with Crippen molar-refractivity contribution in [3.05, 3.63) is 76.0 Å². The first-order valence-corrected chi connectivity index (χ1v) is 7.54. The molecular formula is C20H18O3. The Morgan fingerprint density at radius 1 is 1.13 bits per heavy atom. The molecule has 3 aromatic rings. The second-order valence-electron chi connectivity index (χ2n) is 5.77. The predicted molar refractivity (Wildman–Crippen MR) is 92.7 cm³/mol. The lowest BCUT2D eigenvalue weighted by Crippen LogP contribution is -2.02. The molecule has 0 aliphatic carbocycles. The van der Waals surface area contributed by atoms with E-state index < -0.39 is 0 Å². The number of phenolic OH excluding ortho intramolecular Hbond substituents is 1. The minimum Gasteiger partial charge on any atom is -0.507 e. The van der Waals surface area contributed by atoms with Crippen molar-refractivity contribution in [1.29, 1.82) is 0 Å². The highest BCUT2D eigenvalue weighted by molar-refractivity contribution is 5.82. The van der Waals surface area contributed by atoms with E-state index in [1.165, 1.54) is 11.6 Å². The van der Waals surface area contributed by atoms with Gasteiger partial charge in [-0.2, -0.15) is 0 Å². The predicted octanol–water partition coefficient (Wildman–Crippen LogP) is 4.67. The normalized spacial score (nSPS) is 10.7. The van der Waals surface area contributed by atoms with Crippen LogP contribution in [0.1, 0.15) is 19.4 Å². The largest absolute Gasteiger partial charge is 0.507 e. The van der Waals surface area contributed by atoms with Gasteiger partial charge in [0, 0.05) is 6.07 Å². The number of para-hydroxylation sites is 2. The average Bonchev–Trinajstić information content (AvgIpc) is 2.53. The second kappa shape index (κ2) is 6.13. The molecule has 116 valence electrons. The molecule has 1 aromatic heterocycles. The maximum Gasteiger partial charge on any atom is 0.193 e. The van der Waals surface area contributed by atoms with Gasteiger partial charge < -0.3 is 9.52 Å². The van der Waals surface area contributed by atoms with Gasteiger partial charge in [-0.3, -0.25) is 4.79 Å². The average molecular weight is 306 g/mol. The SMILES string of the molecule is CC(C)=CCc1cccc2c(=O)cc(-c3ccccc3O)oc12. The summed E-state index contributed by atoms with van der Waals surface area (Å²) in [4.78, 5) is 12.4. The highest BCUT2D eigenvalue weighted by atomic mass is 16.3. The molecular weight excluding hydrogens is 288 g/mol. The summed E-state index contributed by atoms with van der Waals surface area (Å²) in [6.07, 6.45) is 2.80. The van der Waals surface area contributed by atoms with Crippen LogP contribution in [0.25, 0.3) is 22.3 Å². The zero-order valence-electron chi connectivity index (χ0n) is 13.2. The summed E-state index contributed by atoms with van der Waals surface area (Å²) in [5, 5.41) is 10.6. The van der Waals surface area contributed by atoms with Crippen molar-refractivity contribution in [2.75, 3.05) is 0 Å². The minimum absolute atomic E-state index is 0.0942. The van der Waals surface area contributed by atoms with Crippen molar-refractivity contribution in [1.82, 2.24) is 0 Å². The highest BCUT2D eigenvalue weighted by Gasteiger charge is 2.12. The lowest BCUT2D eigenvalue weighted by atomic mass is 10.0. The third-order valence-electron chi connectivity index (χ3n) is 3.74. The van der Waals surface area contributed by atoms with Crippen LogP contribution in [0.3, 0.4) is 0 Å². The fourth-order valence-electron chi connectivity index (χ4n) is 2.53. The molecule has 1 heterocycles. The number of aromatic hydroxyl groups is 1. The van der Waals surface area contributed by atoms with E-state index in [0.717, 1.165) is 5.56 Å². The fourth-order valence-corrected chi connectivity index (χ4v) is 2.53. The van der Waals surface area contributed by atoms with Gasteiger partial charge in [-0.05, 0) is 44.0 Å². The summed E-state index contributed by atoms with van der Waals surface area (Å²) < 4.78 is 5.98. The fraction of sp³-hybridized carbons (Fsp3) is 0.150. The molecule has 0 fully saturated rings. The summed E-state index contributed by atoms with van der Waals surface area (Å²) in [7, 11) is 0. The highest BCUT2D eigenvalue weighted by Crippen LogP contribution is 2.30. The standard InChI is InChI=1S/C20H18O3/c1-13(2)10-11-14-6-5-8-16-18(22)12-19(23-20(14)16)15-7-3-4-9-17(15)21/h3-10,12,21H,11H2,1-2H3. The number of phenols is 1. The van der Waals surface area contributed by atoms with E-state index in [9.17, 15) is 9.90 Å². The number of rotatable bonds is 3. The zero-order valence-corrected chi connectivity index (χ0v) is 13.2. The lowest BCUT2D eigenvalue weighted by Gasteiger charge is -2.08. The molecule has 0 saturated heterocycles. The molecule has 0 saturated carbocycles. The van der Waals surface area contributed by atoms with Crippen molar-refractivity contribution in [3.63, 3.8) is 0 Å². The summed E-state index contributed by atoms with van der Waals surface area (Å²) >= 11 is 0. The molecule has 3 nitrogen and oxygen atoms in total. The van der Waals surface area contributed by atoms with Gasteiger partial charge in [0.15, 0.2) is 5.43 Å². The van der Waals surface area contributed by atoms with Crippen molar-refractivity contribution >= 4 is 11.0 Å². The summed E-state index contributed by atoms with van der Waals surface area (Å²) in [5.74, 6) is 0.474. The first-order valence-electron chi connectivity index (χ1n) is 7.54. The van der Waals surface area contributed by atoms with Crippen LogP contribution in [0.2, 0.25) is 0 Å². The van der Waals surface area contributed by atoms with Crippen LogP contribution in [0, 0.1) is 0 Å². The van der Waals surface area contributed by atoms with Gasteiger partial charge in [-0.15, -0.1) is 0 Å². The van der Waals surface area contributed by atoms with Gasteiger partial charge in [-0.25, -0.2) is 0 Å². The molecule has 0 atom stereocenters. The molecule has 1 N–H and O–H groups in total. The topological polar surface area (TPSA) is 50.4 Å². The molecule has 0 aliphatic rings. The van der Waals surface area contributed by atoms with Crippen LogP contribution in [-0.2, 0) is 6.42 Å². The smallest absolute Gasteiger partial charge is 0.193 e. The van der Waals surface area contributed by atoms with E-state index in [4.69, 9.17) is 4.42 Å². The van der Waals surface area contributed by atoms with Crippen LogP contribution < -0.4 is 5.43 Å². The van der Waals surface area contributed by atoms with Crippen LogP contribution in [-0.4, -0.2) is 5.11 Å². The Morgan fingerprint density at radius 3 is 2.65 bits per heavy atom. The lowest BCUT2D eigenvalue weighted by molar-refractivity contribution is 0.474. The Morgan fingerprint density at radius 2 is 1.91 bits per heavy atom. The molecule has 3 rings (SSSR count). The van der Waals surface area contributed by atoms with E-state index >= 15 is 0 Å². The third kappa shape index (κ3) is 3.04. The first kappa shape index (κ1) is 15.1. The Labute approximate surface area is 134 Å². The zero-order chi connectivity index (χ0) is 16.4. The Bertz CT molecular complexity index is 945. The molecule has 0 aliphatic heterocycles. The van der Waals surface area contributed by atoms with Crippen LogP contribution in [0.15, 0.2) is 69.4 Å². The van der Waals surface area contributed by atoms with Gasteiger partial charge >= 0.3 is 0 Å². The number of hydrogen-bond acceptors (Lipinski definition) is 3. The van der Waals surface area contributed by atoms with Gasteiger partial charge in [0.25, 0.3) is 0 Å². The molecule has 0 unspecified atom stereocenters. The van der Waals surface area contributed by atoms with Gasteiger partial charge in [0.1, 0.15) is 17.1 Å². The molecule has 3 heteroatoms. The molecule has 23 heavy (non-hydrogen) atoms. The summed E-state index contributed by atoms with van der Waals surface area (Å²) in [6, 6.07) is 13.9. The third-order valence-corrected chi connectivity index (χ3v) is 3.74. The minimum atomic E-state index is -0.108. The van der Waals surface area contributed by atoms with Crippen molar-refractivity contribution in [2.45, 2.75) is 20.3 Å². The maximum absolute atomic E-state index is 12.4. The van der Waals surface area contributed by atoms with Crippen LogP contribution in [0.4, 0.5) is 0 Å². The van der Waals surface area contributed by atoms with E-state index in [0.29, 0.717) is 28.7 Å². The molecule has 0 radical (unpaired) electrons. The Balaban J connectivity index is 2.24. The van der Waals surface area contributed by atoms with Crippen molar-refractivity contribution in [2.24, 2.45) is 0 Å². The Hall–Kier alpha value is -2.81. The first-order chi connectivity index (χ1) is 11.1. The molecule has 0 bridgehead atoms. The van der Waals surface area contributed by atoms with E-state index in [1.807, 2.05) is 26.0 Å². The number of hydrogen-bond donors (Lipinski definition) is 1. The summed E-state index contributed by atoms with van der Waals surface area (Å²) in [5.41, 5.74) is 3.15. The molecule has 2 aromatic carbocycles. The van der Waals surface area contributed by atoms with E-state index in [1.54, 1.807) is 30.3 Å². The van der Waals surface area contributed by atoms with Crippen LogP contribution >= 0.6 is 0 Å². The molecule has 0 spiro atoms. The number of benzene rings is 2. The second-order valence-corrected chi connectivity index (χ2v) is 5.77. The molecule has 0 amide bonds. The van der Waals surface area contributed by atoms with Crippen LogP contribution in [0.5, 0.6) is 5.75 Å². The Kier molecular flexibility index (Phi) is 4.02. The van der Waals surface area contributed by atoms with Crippen molar-refractivity contribution in [3.8, 4) is 17.1 Å². The monoisotopic (exact) mass is 306 g/mol. The van der Waals surface area contributed by atoms with Crippen molar-refractivity contribution < 1.29 is 9.52 Å². The number of fused-ring (bicyclic) bond motifs is 1. The maximum atomic E-state index is 12.4. The summed E-state index contributed by atoms with van der Waals surface area (Å²) in [6.45, 7) is 4.07. The van der Waals surface area contributed by atoms with E-state index in [-0.39, 0.29) is 11.2 Å². The van der Waals surface area contributed by atoms with Gasteiger partial charge in [0.05, 0.1) is 10.9 Å². The quantitative estimate of drug-likeness (QED) is 0.715.